The molecule has 1 saturated heterocycles. The van der Waals surface area contributed by atoms with E-state index in [2.05, 4.69) is 44.8 Å². The van der Waals surface area contributed by atoms with E-state index in [-0.39, 0.29) is 25.4 Å². The summed E-state index contributed by atoms with van der Waals surface area (Å²) in [6.07, 6.45) is 8.04. The molecule has 282 valence electrons. The number of nitrogens with one attached hydrogen (secondary N) is 2. The molecule has 5 aromatic rings. The number of anilines is 2. The molecule has 4 heterocycles. The van der Waals surface area contributed by atoms with Gasteiger partial charge in [0.25, 0.3) is 0 Å². The topological polar surface area (TPSA) is 161 Å². The second-order valence-electron chi connectivity index (χ2n) is 14.2. The number of ether oxygens (including phenoxy) is 2. The highest BCUT2D eigenvalue weighted by Gasteiger charge is 2.31. The van der Waals surface area contributed by atoms with E-state index in [0.717, 1.165) is 47.9 Å². The van der Waals surface area contributed by atoms with Crippen molar-refractivity contribution in [2.45, 2.75) is 76.5 Å². The number of piperidine rings is 1. The summed E-state index contributed by atoms with van der Waals surface area (Å²) in [5.74, 6) is 2.49. The molecule has 2 amide bonds. The van der Waals surface area contributed by atoms with Gasteiger partial charge in [-0.15, -0.1) is 10.2 Å². The van der Waals surface area contributed by atoms with Crippen molar-refractivity contribution in [1.29, 1.82) is 5.26 Å². The van der Waals surface area contributed by atoms with E-state index in [1.807, 2.05) is 47.0 Å². The van der Waals surface area contributed by atoms with Crippen LogP contribution < -0.4 is 25.0 Å². The number of nitrogens with zero attached hydrogens (tertiary/aromatic N) is 7. The first-order valence-electron chi connectivity index (χ1n) is 18.3. The highest BCUT2D eigenvalue weighted by Crippen LogP contribution is 2.39. The SMILES string of the molecule is CC1CCCCN1c1nnc2ccc(OC3CCC(NC(=O)Nc4cc(C(C)(C)C#N)nn4-c4cccc(OCCOS(C)=O)c4)c4ccccc43)cn12. The second-order valence-corrected chi connectivity index (χ2v) is 15.3. The molecule has 7 rings (SSSR count). The molecule has 2 aromatic carbocycles. The third-order valence-electron chi connectivity index (χ3n) is 9.97. The van der Waals surface area contributed by atoms with Gasteiger partial charge in [-0.1, -0.05) is 30.3 Å². The van der Waals surface area contributed by atoms with Gasteiger partial charge in [0.2, 0.25) is 5.95 Å². The Morgan fingerprint density at radius 2 is 1.83 bits per heavy atom. The molecule has 2 aliphatic rings. The Bertz CT molecular complexity index is 2190. The normalized spacial score (nSPS) is 19.1. The Balaban J connectivity index is 1.07. The number of carbonyl (C=O) groups excluding carboxylic acids is 1. The first-order chi connectivity index (χ1) is 26.1. The molecule has 1 fully saturated rings. The van der Waals surface area contributed by atoms with Gasteiger partial charge in [0, 0.05) is 31.0 Å². The minimum absolute atomic E-state index is 0.165. The smallest absolute Gasteiger partial charge is 0.320 e. The van der Waals surface area contributed by atoms with E-state index in [1.54, 1.807) is 42.8 Å². The Labute approximate surface area is 317 Å². The van der Waals surface area contributed by atoms with E-state index in [1.165, 1.54) is 12.7 Å². The summed E-state index contributed by atoms with van der Waals surface area (Å²) in [4.78, 5) is 16.0. The summed E-state index contributed by atoms with van der Waals surface area (Å²) in [5, 5.41) is 29.7. The maximum atomic E-state index is 13.7. The van der Waals surface area contributed by atoms with Crippen LogP contribution in [0.15, 0.2) is 72.9 Å². The first kappa shape index (κ1) is 36.9. The van der Waals surface area contributed by atoms with E-state index < -0.39 is 22.5 Å². The fourth-order valence-corrected chi connectivity index (χ4v) is 7.37. The van der Waals surface area contributed by atoms with Gasteiger partial charge in [0.05, 0.1) is 41.7 Å². The highest BCUT2D eigenvalue weighted by molar-refractivity contribution is 7.79. The summed E-state index contributed by atoms with van der Waals surface area (Å²) >= 11 is -1.38. The average Bonchev–Trinajstić information content (AvgIpc) is 3.79. The quantitative estimate of drug-likeness (QED) is 0.134. The van der Waals surface area contributed by atoms with Gasteiger partial charge >= 0.3 is 6.03 Å². The Kier molecular flexibility index (Phi) is 10.8. The number of aromatic nitrogens is 5. The standard InChI is InChI=1S/C39H45N9O5S/c1-26-10-7-8-19-46(26)38-44-43-35-18-15-29(24-47(35)38)53-33-17-16-32(30-13-5-6-14-31(30)33)41-37(49)42-36-23-34(39(2,3)25-40)45-48(36)27-11-9-12-28(22-27)51-20-21-52-54(4)50/h5-6,9,11-15,18,22-24,26,32-33H,7-8,10,16-17,19-21H2,1-4H3,(H2,41,42,49). The van der Waals surface area contributed by atoms with Crippen molar-refractivity contribution in [3.8, 4) is 23.3 Å². The molecule has 0 saturated carbocycles. The van der Waals surface area contributed by atoms with Crippen molar-refractivity contribution in [1.82, 2.24) is 29.7 Å². The number of hydrogen-bond donors (Lipinski definition) is 2. The zero-order valence-corrected chi connectivity index (χ0v) is 31.7. The van der Waals surface area contributed by atoms with Crippen LogP contribution in [-0.2, 0) is 20.7 Å². The van der Waals surface area contributed by atoms with Crippen LogP contribution in [0.2, 0.25) is 0 Å². The lowest BCUT2D eigenvalue weighted by molar-refractivity contribution is 0.171. The Morgan fingerprint density at radius 1 is 1.00 bits per heavy atom. The molecular formula is C39H45N9O5S. The van der Waals surface area contributed by atoms with Crippen LogP contribution in [0.5, 0.6) is 11.5 Å². The Hall–Kier alpha value is -5.46. The maximum absolute atomic E-state index is 13.7. The molecule has 4 unspecified atom stereocenters. The van der Waals surface area contributed by atoms with Crippen LogP contribution in [0.3, 0.4) is 0 Å². The molecule has 54 heavy (non-hydrogen) atoms. The molecule has 0 spiro atoms. The predicted octanol–water partition coefficient (Wildman–Crippen LogP) is 6.56. The summed E-state index contributed by atoms with van der Waals surface area (Å²) in [6.45, 7) is 7.10. The molecule has 0 bridgehead atoms. The lowest BCUT2D eigenvalue weighted by Gasteiger charge is -2.33. The van der Waals surface area contributed by atoms with Crippen LogP contribution in [0.25, 0.3) is 11.3 Å². The third-order valence-corrected chi connectivity index (χ3v) is 10.5. The van der Waals surface area contributed by atoms with Gasteiger partial charge in [-0.2, -0.15) is 10.4 Å². The minimum Gasteiger partial charge on any atom is -0.491 e. The van der Waals surface area contributed by atoms with Gasteiger partial charge in [-0.05, 0) is 88.3 Å². The zero-order valence-electron chi connectivity index (χ0n) is 30.9. The molecule has 14 nitrogen and oxygen atoms in total. The van der Waals surface area contributed by atoms with E-state index in [0.29, 0.717) is 41.8 Å². The molecule has 1 aliphatic heterocycles. The molecule has 4 atom stereocenters. The minimum atomic E-state index is -1.38. The number of amides is 2. The van der Waals surface area contributed by atoms with E-state index in [9.17, 15) is 14.3 Å². The first-order valence-corrected chi connectivity index (χ1v) is 19.7. The van der Waals surface area contributed by atoms with Crippen molar-refractivity contribution in [2.24, 2.45) is 0 Å². The van der Waals surface area contributed by atoms with Crippen LogP contribution in [0.4, 0.5) is 16.6 Å². The highest BCUT2D eigenvalue weighted by atomic mass is 32.2. The van der Waals surface area contributed by atoms with E-state index in [4.69, 9.17) is 18.8 Å². The van der Waals surface area contributed by atoms with Crippen LogP contribution in [0, 0.1) is 11.3 Å². The Morgan fingerprint density at radius 3 is 2.63 bits per heavy atom. The predicted molar refractivity (Wildman–Crippen MR) is 205 cm³/mol. The lowest BCUT2D eigenvalue weighted by atomic mass is 9.85. The van der Waals surface area contributed by atoms with Crippen molar-refractivity contribution in [3.05, 3.63) is 89.7 Å². The third kappa shape index (κ3) is 8.04. The molecule has 15 heteroatoms. The number of rotatable bonds is 12. The van der Waals surface area contributed by atoms with Gasteiger partial charge < -0.3 is 19.7 Å². The number of pyridine rings is 1. The van der Waals surface area contributed by atoms with Crippen LogP contribution in [-0.4, -0.2) is 66.7 Å². The fourth-order valence-electron chi connectivity index (χ4n) is 7.06. The van der Waals surface area contributed by atoms with Crippen molar-refractivity contribution >= 4 is 34.5 Å². The second kappa shape index (κ2) is 15.9. The summed E-state index contributed by atoms with van der Waals surface area (Å²) in [5.41, 5.74) is 2.97. The molecule has 0 radical (unpaired) electrons. The number of carbonyl (C=O) groups is 1. The number of hydrogen-bond acceptors (Lipinski definition) is 10. The molecular weight excluding hydrogens is 707 g/mol. The molecule has 1 aliphatic carbocycles. The zero-order chi connectivity index (χ0) is 37.8. The van der Waals surface area contributed by atoms with Gasteiger partial charge in [0.1, 0.15) is 30.0 Å². The van der Waals surface area contributed by atoms with Crippen LogP contribution in [0.1, 0.15) is 81.8 Å². The number of fused-ring (bicyclic) bond motifs is 2. The largest absolute Gasteiger partial charge is 0.491 e. The maximum Gasteiger partial charge on any atom is 0.320 e. The van der Waals surface area contributed by atoms with E-state index >= 15 is 0 Å². The molecule has 2 N–H and O–H groups in total. The number of nitriles is 1. The van der Waals surface area contributed by atoms with Crippen LogP contribution >= 0.6 is 0 Å². The number of benzene rings is 2. The van der Waals surface area contributed by atoms with Crippen molar-refractivity contribution < 1.29 is 22.7 Å². The van der Waals surface area contributed by atoms with Crippen molar-refractivity contribution in [2.75, 3.05) is 36.2 Å². The van der Waals surface area contributed by atoms with Gasteiger partial charge in [-0.3, -0.25) is 13.9 Å². The van der Waals surface area contributed by atoms with Gasteiger partial charge in [0.15, 0.2) is 16.7 Å². The summed E-state index contributed by atoms with van der Waals surface area (Å²) in [7, 11) is 0. The average molecular weight is 752 g/mol. The molecule has 3 aromatic heterocycles. The number of urea groups is 1. The monoisotopic (exact) mass is 751 g/mol. The fraction of sp³-hybridized carbons (Fsp3) is 0.410. The van der Waals surface area contributed by atoms with Crippen molar-refractivity contribution in [3.63, 3.8) is 0 Å². The van der Waals surface area contributed by atoms with Gasteiger partial charge in [-0.25, -0.2) is 13.7 Å². The summed E-state index contributed by atoms with van der Waals surface area (Å²) in [6, 6.07) is 22.8. The summed E-state index contributed by atoms with van der Waals surface area (Å²) < 4.78 is 32.4. The lowest BCUT2D eigenvalue weighted by Crippen LogP contribution is -2.38.